The Hall–Kier alpha value is -1.89. The maximum atomic E-state index is 12.2. The molecule has 1 aliphatic carbocycles. The number of aromatic nitrogens is 2. The molecule has 0 atom stereocenters. The molecule has 1 saturated carbocycles. The maximum Gasteiger partial charge on any atom is 0.329 e. The lowest BCUT2D eigenvalue weighted by Crippen LogP contribution is -2.15. The Kier molecular flexibility index (Phi) is 4.66. The molecule has 0 unspecified atom stereocenters. The van der Waals surface area contributed by atoms with E-state index >= 15 is 0 Å². The monoisotopic (exact) mass is 335 g/mol. The summed E-state index contributed by atoms with van der Waals surface area (Å²) >= 11 is 0. The minimum absolute atomic E-state index is 0.0503. The molecule has 0 bridgehead atoms. The van der Waals surface area contributed by atoms with E-state index in [0.29, 0.717) is 11.8 Å². The number of anilines is 1. The van der Waals surface area contributed by atoms with E-state index in [1.807, 2.05) is 25.1 Å². The van der Waals surface area contributed by atoms with Gasteiger partial charge in [0, 0.05) is 6.42 Å². The van der Waals surface area contributed by atoms with Crippen LogP contribution in [0.4, 0.5) is 6.01 Å². The van der Waals surface area contributed by atoms with Gasteiger partial charge in [-0.15, -0.1) is 5.10 Å². The van der Waals surface area contributed by atoms with Crippen LogP contribution in [0.15, 0.2) is 28.7 Å². The van der Waals surface area contributed by atoms with E-state index in [1.54, 1.807) is 6.07 Å². The molecule has 1 aromatic carbocycles. The molecule has 1 aromatic heterocycles. The highest BCUT2D eigenvalue weighted by molar-refractivity contribution is 7.91. The van der Waals surface area contributed by atoms with Crippen molar-refractivity contribution in [3.05, 3.63) is 41.3 Å². The van der Waals surface area contributed by atoms with Gasteiger partial charge in [-0.05, 0) is 31.2 Å². The van der Waals surface area contributed by atoms with E-state index < -0.39 is 10.0 Å². The summed E-state index contributed by atoms with van der Waals surface area (Å²) in [6.45, 7) is 1.93. The summed E-state index contributed by atoms with van der Waals surface area (Å²) in [4.78, 5) is 0. The Morgan fingerprint density at radius 3 is 2.78 bits per heavy atom. The van der Waals surface area contributed by atoms with Crippen LogP contribution in [-0.2, 0) is 22.2 Å². The molecule has 1 fully saturated rings. The molecular weight excluding hydrogens is 314 g/mol. The Balaban J connectivity index is 1.62. The van der Waals surface area contributed by atoms with E-state index in [1.165, 1.54) is 25.7 Å². The van der Waals surface area contributed by atoms with Crippen molar-refractivity contribution in [1.29, 1.82) is 0 Å². The zero-order valence-corrected chi connectivity index (χ0v) is 14.0. The molecule has 0 amide bonds. The molecule has 3 rings (SSSR count). The van der Waals surface area contributed by atoms with Gasteiger partial charge in [0.15, 0.2) is 0 Å². The van der Waals surface area contributed by atoms with E-state index in [2.05, 4.69) is 14.9 Å². The van der Waals surface area contributed by atoms with E-state index in [-0.39, 0.29) is 11.8 Å². The summed E-state index contributed by atoms with van der Waals surface area (Å²) in [5.74, 6) is 0.965. The third-order valence-electron chi connectivity index (χ3n) is 4.09. The summed E-state index contributed by atoms with van der Waals surface area (Å²) in [6, 6.07) is 7.35. The molecule has 0 spiro atoms. The van der Waals surface area contributed by atoms with Crippen LogP contribution in [0.5, 0.6) is 0 Å². The van der Waals surface area contributed by atoms with Gasteiger partial charge in [-0.3, -0.25) is 0 Å². The summed E-state index contributed by atoms with van der Waals surface area (Å²) in [7, 11) is -3.56. The van der Waals surface area contributed by atoms with Crippen LogP contribution in [0, 0.1) is 12.8 Å². The molecule has 2 aromatic rings. The van der Waals surface area contributed by atoms with Crippen molar-refractivity contribution >= 4 is 16.0 Å². The molecule has 124 valence electrons. The zero-order valence-electron chi connectivity index (χ0n) is 13.2. The van der Waals surface area contributed by atoms with E-state index in [9.17, 15) is 8.42 Å². The summed E-state index contributed by atoms with van der Waals surface area (Å²) < 4.78 is 32.2. The van der Waals surface area contributed by atoms with Gasteiger partial charge in [0.05, 0.1) is 5.75 Å². The van der Waals surface area contributed by atoms with Gasteiger partial charge in [0.25, 0.3) is 0 Å². The van der Waals surface area contributed by atoms with Crippen molar-refractivity contribution in [1.82, 2.24) is 10.2 Å². The third-order valence-corrected chi connectivity index (χ3v) is 5.29. The van der Waals surface area contributed by atoms with Crippen LogP contribution in [-0.4, -0.2) is 18.6 Å². The number of rotatable bonds is 6. The maximum absolute atomic E-state index is 12.2. The van der Waals surface area contributed by atoms with Gasteiger partial charge >= 0.3 is 6.01 Å². The van der Waals surface area contributed by atoms with Crippen LogP contribution in [0.25, 0.3) is 0 Å². The lowest BCUT2D eigenvalue weighted by Gasteiger charge is -2.05. The molecule has 0 aliphatic heterocycles. The zero-order chi connectivity index (χ0) is 16.3. The van der Waals surface area contributed by atoms with Crippen molar-refractivity contribution in [2.75, 3.05) is 4.72 Å². The minimum atomic E-state index is -3.56. The highest BCUT2D eigenvalue weighted by Gasteiger charge is 2.20. The summed E-state index contributed by atoms with van der Waals surface area (Å²) in [6.07, 6.45) is 5.57. The number of nitrogens with zero attached hydrogens (tertiary/aromatic N) is 2. The molecule has 1 heterocycles. The first kappa shape index (κ1) is 16.0. The van der Waals surface area contributed by atoms with Crippen LogP contribution >= 0.6 is 0 Å². The number of nitrogens with one attached hydrogen (secondary N) is 1. The SMILES string of the molecule is Cc1cccc(CS(=O)(=O)Nc2nnc(CC3CCCC3)o2)c1. The average Bonchev–Trinajstić information content (AvgIpc) is 3.10. The van der Waals surface area contributed by atoms with Crippen molar-refractivity contribution in [3.8, 4) is 0 Å². The smallest absolute Gasteiger partial charge is 0.329 e. The van der Waals surface area contributed by atoms with Crippen LogP contribution in [0.3, 0.4) is 0 Å². The van der Waals surface area contributed by atoms with Gasteiger partial charge in [0.2, 0.25) is 15.9 Å². The second kappa shape index (κ2) is 6.70. The van der Waals surface area contributed by atoms with Crippen LogP contribution in [0.1, 0.15) is 42.7 Å². The van der Waals surface area contributed by atoms with Gasteiger partial charge in [-0.1, -0.05) is 47.8 Å². The van der Waals surface area contributed by atoms with Crippen molar-refractivity contribution in [2.24, 2.45) is 5.92 Å². The quantitative estimate of drug-likeness (QED) is 0.877. The van der Waals surface area contributed by atoms with E-state index in [0.717, 1.165) is 17.5 Å². The fourth-order valence-corrected chi connectivity index (χ4v) is 4.07. The fraction of sp³-hybridized carbons (Fsp3) is 0.500. The predicted molar refractivity (Wildman–Crippen MR) is 87.4 cm³/mol. The number of sulfonamides is 1. The average molecular weight is 335 g/mol. The Labute approximate surface area is 136 Å². The molecule has 0 saturated heterocycles. The second-order valence-electron chi connectivity index (χ2n) is 6.21. The minimum Gasteiger partial charge on any atom is -0.407 e. The van der Waals surface area contributed by atoms with Crippen molar-refractivity contribution < 1.29 is 12.8 Å². The fourth-order valence-electron chi connectivity index (χ4n) is 3.03. The third kappa shape index (κ3) is 4.54. The standard InChI is InChI=1S/C16H21N3O3S/c1-12-5-4-8-14(9-12)11-23(20,21)19-16-18-17-15(22-16)10-13-6-2-3-7-13/h4-5,8-9,13H,2-3,6-7,10-11H2,1H3,(H,18,19). The molecule has 1 aliphatic rings. The van der Waals surface area contributed by atoms with Crippen LogP contribution < -0.4 is 4.72 Å². The number of aryl methyl sites for hydroxylation is 1. The highest BCUT2D eigenvalue weighted by atomic mass is 32.2. The van der Waals surface area contributed by atoms with Crippen molar-refractivity contribution in [3.63, 3.8) is 0 Å². The largest absolute Gasteiger partial charge is 0.407 e. The van der Waals surface area contributed by atoms with E-state index in [4.69, 9.17) is 4.42 Å². The van der Waals surface area contributed by atoms with Gasteiger partial charge in [0.1, 0.15) is 0 Å². The predicted octanol–water partition coefficient (Wildman–Crippen LogP) is 3.05. The molecule has 6 nitrogen and oxygen atoms in total. The first-order valence-electron chi connectivity index (χ1n) is 7.88. The van der Waals surface area contributed by atoms with Crippen LogP contribution in [0.2, 0.25) is 0 Å². The number of benzene rings is 1. The lowest BCUT2D eigenvalue weighted by molar-refractivity contribution is 0.439. The molecule has 1 N–H and O–H groups in total. The Morgan fingerprint density at radius 2 is 2.04 bits per heavy atom. The number of hydrogen-bond acceptors (Lipinski definition) is 5. The molecular formula is C16H21N3O3S. The van der Waals surface area contributed by atoms with Gasteiger partial charge in [-0.2, -0.15) is 0 Å². The van der Waals surface area contributed by atoms with Gasteiger partial charge in [-0.25, -0.2) is 13.1 Å². The summed E-state index contributed by atoms with van der Waals surface area (Å²) in [5, 5.41) is 7.74. The van der Waals surface area contributed by atoms with Crippen molar-refractivity contribution in [2.45, 2.75) is 44.8 Å². The highest BCUT2D eigenvalue weighted by Crippen LogP contribution is 2.28. The molecule has 23 heavy (non-hydrogen) atoms. The number of hydrogen-bond donors (Lipinski definition) is 1. The summed E-state index contributed by atoms with van der Waals surface area (Å²) in [5.41, 5.74) is 1.75. The Morgan fingerprint density at radius 1 is 1.26 bits per heavy atom. The molecule has 7 heteroatoms. The topological polar surface area (TPSA) is 85.1 Å². The second-order valence-corrected chi connectivity index (χ2v) is 7.93. The first-order chi connectivity index (χ1) is 11.0. The molecule has 0 radical (unpaired) electrons. The normalized spacial score (nSPS) is 15.9. The van der Waals surface area contributed by atoms with Gasteiger partial charge < -0.3 is 4.42 Å². The first-order valence-corrected chi connectivity index (χ1v) is 9.54. The Bertz CT molecular complexity index is 764. The lowest BCUT2D eigenvalue weighted by atomic mass is 10.0.